The lowest BCUT2D eigenvalue weighted by molar-refractivity contribution is -0.124. The van der Waals surface area contributed by atoms with Crippen LogP contribution in [0.3, 0.4) is 0 Å². The lowest BCUT2D eigenvalue weighted by atomic mass is 9.83. The van der Waals surface area contributed by atoms with Gasteiger partial charge in [0.2, 0.25) is 11.8 Å². The maximum atomic E-state index is 12.2. The summed E-state index contributed by atoms with van der Waals surface area (Å²) in [5.41, 5.74) is 10.8. The highest BCUT2D eigenvalue weighted by Crippen LogP contribution is 2.27. The van der Waals surface area contributed by atoms with E-state index in [4.69, 9.17) is 5.73 Å². The Morgan fingerprint density at radius 3 is 2.19 bits per heavy atom. The minimum atomic E-state index is -0.220. The molecule has 5 nitrogen and oxygen atoms in total. The van der Waals surface area contributed by atoms with Gasteiger partial charge in [-0.25, -0.2) is 0 Å². The van der Waals surface area contributed by atoms with E-state index in [-0.39, 0.29) is 23.1 Å². The summed E-state index contributed by atoms with van der Waals surface area (Å²) in [6.45, 7) is 13.6. The molecule has 0 radical (unpaired) electrons. The molecule has 0 atom stereocenters. The predicted octanol–water partition coefficient (Wildman–Crippen LogP) is 2.46. The van der Waals surface area contributed by atoms with Crippen molar-refractivity contribution in [3.8, 4) is 0 Å². The van der Waals surface area contributed by atoms with Crippen LogP contribution in [-0.2, 0) is 21.4 Å². The van der Waals surface area contributed by atoms with Crippen molar-refractivity contribution in [2.45, 2.75) is 59.3 Å². The summed E-state index contributed by atoms with van der Waals surface area (Å²) in [5, 5.41) is 3.04. The van der Waals surface area contributed by atoms with Crippen LogP contribution in [0, 0.1) is 19.8 Å². The molecule has 2 amide bonds. The van der Waals surface area contributed by atoms with Gasteiger partial charge >= 0.3 is 0 Å². The summed E-state index contributed by atoms with van der Waals surface area (Å²) in [7, 11) is 0. The van der Waals surface area contributed by atoms with Crippen LogP contribution < -0.4 is 11.1 Å². The third kappa shape index (κ3) is 6.06. The molecule has 0 aromatic heterocycles. The van der Waals surface area contributed by atoms with E-state index in [1.165, 1.54) is 22.3 Å². The molecule has 0 saturated carbocycles. The summed E-state index contributed by atoms with van der Waals surface area (Å²) in [4.78, 5) is 25.5. The molecule has 1 aromatic rings. The van der Waals surface area contributed by atoms with Crippen molar-refractivity contribution >= 4 is 11.8 Å². The Kier molecular flexibility index (Phi) is 7.04. The zero-order valence-corrected chi connectivity index (χ0v) is 17.5. The minimum absolute atomic E-state index is 0.0358. The Morgan fingerprint density at radius 2 is 1.70 bits per heavy atom. The van der Waals surface area contributed by atoms with E-state index in [0.29, 0.717) is 13.1 Å². The molecule has 1 fully saturated rings. The SMILES string of the molecule is Cc1cc(C(C)(C)C)cc(C)c1CCNC(=O)CN1CCC(C(N)=O)CC1. The van der Waals surface area contributed by atoms with Gasteiger partial charge in [-0.3, -0.25) is 14.5 Å². The molecule has 0 spiro atoms. The number of rotatable bonds is 6. The molecule has 5 heteroatoms. The van der Waals surface area contributed by atoms with Crippen LogP contribution in [0.25, 0.3) is 0 Å². The average Bonchev–Trinajstić information content (AvgIpc) is 2.56. The second-order valence-corrected chi connectivity index (χ2v) is 8.89. The number of carbonyl (C=O) groups is 2. The summed E-state index contributed by atoms with van der Waals surface area (Å²) in [6.07, 6.45) is 2.35. The van der Waals surface area contributed by atoms with Crippen LogP contribution >= 0.6 is 0 Å². The molecule has 1 saturated heterocycles. The number of likely N-dealkylation sites (tertiary alicyclic amines) is 1. The second-order valence-electron chi connectivity index (χ2n) is 8.89. The highest BCUT2D eigenvalue weighted by Gasteiger charge is 2.24. The van der Waals surface area contributed by atoms with Crippen molar-refractivity contribution < 1.29 is 9.59 Å². The fourth-order valence-corrected chi connectivity index (χ4v) is 3.78. The number of piperidine rings is 1. The van der Waals surface area contributed by atoms with Crippen LogP contribution in [0.4, 0.5) is 0 Å². The lowest BCUT2D eigenvalue weighted by Crippen LogP contribution is -2.43. The van der Waals surface area contributed by atoms with Crippen LogP contribution in [0.1, 0.15) is 55.9 Å². The largest absolute Gasteiger partial charge is 0.369 e. The molecule has 0 bridgehead atoms. The van der Waals surface area contributed by atoms with E-state index in [1.54, 1.807) is 0 Å². The number of nitrogens with one attached hydrogen (secondary N) is 1. The summed E-state index contributed by atoms with van der Waals surface area (Å²) >= 11 is 0. The van der Waals surface area contributed by atoms with E-state index >= 15 is 0 Å². The average molecular weight is 374 g/mol. The number of aryl methyl sites for hydroxylation is 2. The molecule has 0 aliphatic carbocycles. The smallest absolute Gasteiger partial charge is 0.234 e. The Hall–Kier alpha value is -1.88. The third-order valence-electron chi connectivity index (χ3n) is 5.62. The molecular weight excluding hydrogens is 338 g/mol. The van der Waals surface area contributed by atoms with Gasteiger partial charge in [-0.2, -0.15) is 0 Å². The molecule has 27 heavy (non-hydrogen) atoms. The first-order chi connectivity index (χ1) is 12.6. The third-order valence-corrected chi connectivity index (χ3v) is 5.62. The molecule has 1 aromatic carbocycles. The standard InChI is InChI=1S/C22H35N3O2/c1-15-12-18(22(3,4)5)13-16(2)19(15)6-9-24-20(26)14-25-10-7-17(8-11-25)21(23)27/h12-13,17H,6-11,14H2,1-5H3,(H2,23,27)(H,24,26). The monoisotopic (exact) mass is 373 g/mol. The zero-order chi connectivity index (χ0) is 20.2. The van der Waals surface area contributed by atoms with E-state index in [9.17, 15) is 9.59 Å². The van der Waals surface area contributed by atoms with E-state index in [0.717, 1.165) is 32.4 Å². The number of hydrogen-bond donors (Lipinski definition) is 2. The Morgan fingerprint density at radius 1 is 1.15 bits per heavy atom. The van der Waals surface area contributed by atoms with Crippen LogP contribution in [-0.4, -0.2) is 42.9 Å². The van der Waals surface area contributed by atoms with Crippen LogP contribution in [0.15, 0.2) is 12.1 Å². The normalized spacial score (nSPS) is 16.3. The lowest BCUT2D eigenvalue weighted by Gasteiger charge is -2.29. The van der Waals surface area contributed by atoms with Crippen molar-refractivity contribution in [1.82, 2.24) is 10.2 Å². The topological polar surface area (TPSA) is 75.4 Å². The van der Waals surface area contributed by atoms with Gasteiger partial charge in [0.1, 0.15) is 0 Å². The molecule has 0 unspecified atom stereocenters. The van der Waals surface area contributed by atoms with Crippen molar-refractivity contribution in [2.75, 3.05) is 26.2 Å². The Bertz CT molecular complexity index is 660. The number of nitrogens with two attached hydrogens (primary N) is 1. The molecule has 150 valence electrons. The molecule has 3 N–H and O–H groups in total. The van der Waals surface area contributed by atoms with Gasteiger partial charge < -0.3 is 11.1 Å². The highest BCUT2D eigenvalue weighted by molar-refractivity contribution is 5.78. The first-order valence-corrected chi connectivity index (χ1v) is 9.97. The first-order valence-electron chi connectivity index (χ1n) is 9.97. The van der Waals surface area contributed by atoms with Gasteiger partial charge in [0.15, 0.2) is 0 Å². The summed E-state index contributed by atoms with van der Waals surface area (Å²) in [5.74, 6) is -0.206. The maximum Gasteiger partial charge on any atom is 0.234 e. The number of primary amides is 1. The molecular formula is C22H35N3O2. The fraction of sp³-hybridized carbons (Fsp3) is 0.636. The van der Waals surface area contributed by atoms with Crippen molar-refractivity contribution in [3.05, 3.63) is 34.4 Å². The van der Waals surface area contributed by atoms with Gasteiger partial charge in [-0.15, -0.1) is 0 Å². The van der Waals surface area contributed by atoms with Crippen molar-refractivity contribution in [2.24, 2.45) is 11.7 Å². The second kappa shape index (κ2) is 8.87. The van der Waals surface area contributed by atoms with Gasteiger partial charge in [0.25, 0.3) is 0 Å². The quantitative estimate of drug-likeness (QED) is 0.804. The molecule has 1 heterocycles. The van der Waals surface area contributed by atoms with E-state index in [1.807, 2.05) is 0 Å². The van der Waals surface area contributed by atoms with Crippen LogP contribution in [0.2, 0.25) is 0 Å². The fourth-order valence-electron chi connectivity index (χ4n) is 3.78. The number of carbonyl (C=O) groups excluding carboxylic acids is 2. The Balaban J connectivity index is 1.81. The number of amides is 2. The van der Waals surface area contributed by atoms with Crippen LogP contribution in [0.5, 0.6) is 0 Å². The van der Waals surface area contributed by atoms with Gasteiger partial charge in [-0.1, -0.05) is 32.9 Å². The number of hydrogen-bond acceptors (Lipinski definition) is 3. The number of nitrogens with zero attached hydrogens (tertiary/aromatic N) is 1. The summed E-state index contributed by atoms with van der Waals surface area (Å²) in [6, 6.07) is 4.54. The zero-order valence-electron chi connectivity index (χ0n) is 17.5. The van der Waals surface area contributed by atoms with Gasteiger partial charge in [0, 0.05) is 12.5 Å². The first kappa shape index (κ1) is 21.4. The molecule has 1 aliphatic heterocycles. The number of benzene rings is 1. The van der Waals surface area contributed by atoms with Gasteiger partial charge in [-0.05, 0) is 73.9 Å². The summed E-state index contributed by atoms with van der Waals surface area (Å²) < 4.78 is 0. The van der Waals surface area contributed by atoms with Crippen molar-refractivity contribution in [1.29, 1.82) is 0 Å². The highest BCUT2D eigenvalue weighted by atomic mass is 16.2. The Labute approximate surface area is 163 Å². The van der Waals surface area contributed by atoms with E-state index < -0.39 is 0 Å². The molecule has 2 rings (SSSR count). The van der Waals surface area contributed by atoms with Gasteiger partial charge in [0.05, 0.1) is 6.54 Å². The van der Waals surface area contributed by atoms with Crippen molar-refractivity contribution in [3.63, 3.8) is 0 Å². The van der Waals surface area contributed by atoms with E-state index in [2.05, 4.69) is 57.0 Å². The molecule has 1 aliphatic rings. The maximum absolute atomic E-state index is 12.2. The predicted molar refractivity (Wildman–Crippen MR) is 110 cm³/mol. The minimum Gasteiger partial charge on any atom is -0.369 e.